The fourth-order valence-corrected chi connectivity index (χ4v) is 2.90. The molecule has 0 N–H and O–H groups in total. The van der Waals surface area contributed by atoms with E-state index in [1.54, 1.807) is 6.07 Å². The van der Waals surface area contributed by atoms with Gasteiger partial charge in [-0.3, -0.25) is 4.79 Å². The molecular formula is C18H14F3N3O3. The molecule has 27 heavy (non-hydrogen) atoms. The molecule has 0 aliphatic carbocycles. The summed E-state index contributed by atoms with van der Waals surface area (Å²) < 4.78 is 49.4. The molecule has 6 nitrogen and oxygen atoms in total. The number of hydrogen-bond donors (Lipinski definition) is 0. The fourth-order valence-electron chi connectivity index (χ4n) is 2.90. The van der Waals surface area contributed by atoms with E-state index in [0.717, 1.165) is 11.5 Å². The summed E-state index contributed by atoms with van der Waals surface area (Å²) in [7, 11) is 0. The Labute approximate surface area is 151 Å². The van der Waals surface area contributed by atoms with Gasteiger partial charge in [-0.05, 0) is 24.3 Å². The third kappa shape index (κ3) is 3.44. The molecule has 1 fully saturated rings. The molecule has 1 aromatic carbocycles. The van der Waals surface area contributed by atoms with E-state index >= 15 is 0 Å². The molecular weight excluding hydrogens is 363 g/mol. The van der Waals surface area contributed by atoms with Crippen molar-refractivity contribution < 1.29 is 27.2 Å². The standard InChI is InChI=1S/C18H14F3N3O3/c19-18(20,21)13-5-3-7-22-17(13)26-11-9-24(10-11)16(25)8-14-12-4-1-2-6-15(12)27-23-14/h1-7,11H,8-10H2. The van der Waals surface area contributed by atoms with Crippen LogP contribution in [0.2, 0.25) is 0 Å². The van der Waals surface area contributed by atoms with Crippen LogP contribution in [0.5, 0.6) is 5.88 Å². The van der Waals surface area contributed by atoms with E-state index in [-0.39, 0.29) is 25.4 Å². The Morgan fingerprint density at radius 2 is 2.00 bits per heavy atom. The lowest BCUT2D eigenvalue weighted by atomic mass is 10.1. The summed E-state index contributed by atoms with van der Waals surface area (Å²) in [6.45, 7) is 0.394. The topological polar surface area (TPSA) is 68.5 Å². The summed E-state index contributed by atoms with van der Waals surface area (Å²) >= 11 is 0. The van der Waals surface area contributed by atoms with Crippen LogP contribution >= 0.6 is 0 Å². The Balaban J connectivity index is 1.37. The lowest BCUT2D eigenvalue weighted by Crippen LogP contribution is -2.56. The van der Waals surface area contributed by atoms with Crippen molar-refractivity contribution in [2.45, 2.75) is 18.7 Å². The van der Waals surface area contributed by atoms with Crippen LogP contribution in [-0.2, 0) is 17.4 Å². The number of carbonyl (C=O) groups is 1. The summed E-state index contributed by atoms with van der Waals surface area (Å²) in [5.74, 6) is -0.657. The normalized spacial score (nSPS) is 15.0. The third-order valence-corrected chi connectivity index (χ3v) is 4.33. The Morgan fingerprint density at radius 3 is 2.78 bits per heavy atom. The van der Waals surface area contributed by atoms with Gasteiger partial charge in [0.1, 0.15) is 17.4 Å². The monoisotopic (exact) mass is 377 g/mol. The number of rotatable bonds is 4. The second-order valence-corrected chi connectivity index (χ2v) is 6.19. The molecule has 0 saturated carbocycles. The van der Waals surface area contributed by atoms with Crippen molar-refractivity contribution in [1.29, 1.82) is 0 Å². The number of pyridine rings is 1. The summed E-state index contributed by atoms with van der Waals surface area (Å²) in [6.07, 6.45) is -3.78. The van der Waals surface area contributed by atoms with E-state index in [4.69, 9.17) is 9.26 Å². The number of carbonyl (C=O) groups excluding carboxylic acids is 1. The van der Waals surface area contributed by atoms with Crippen molar-refractivity contribution >= 4 is 16.9 Å². The second-order valence-electron chi connectivity index (χ2n) is 6.19. The van der Waals surface area contributed by atoms with E-state index in [9.17, 15) is 18.0 Å². The van der Waals surface area contributed by atoms with E-state index < -0.39 is 23.7 Å². The number of para-hydroxylation sites is 1. The van der Waals surface area contributed by atoms with Gasteiger partial charge in [-0.2, -0.15) is 13.2 Å². The summed E-state index contributed by atoms with van der Waals surface area (Å²) in [5, 5.41) is 4.68. The van der Waals surface area contributed by atoms with Gasteiger partial charge in [-0.15, -0.1) is 0 Å². The SMILES string of the molecule is O=C(Cc1noc2ccccc12)N1CC(Oc2ncccc2C(F)(F)F)C1. The van der Waals surface area contributed by atoms with Crippen LogP contribution in [0.3, 0.4) is 0 Å². The minimum absolute atomic E-state index is 0.0567. The van der Waals surface area contributed by atoms with E-state index in [0.29, 0.717) is 11.3 Å². The molecule has 1 saturated heterocycles. The molecule has 1 amide bonds. The van der Waals surface area contributed by atoms with Gasteiger partial charge in [0.2, 0.25) is 11.8 Å². The number of halogens is 3. The molecule has 1 aliphatic rings. The van der Waals surface area contributed by atoms with Gasteiger partial charge in [0, 0.05) is 11.6 Å². The lowest BCUT2D eigenvalue weighted by molar-refractivity contribution is -0.144. The fraction of sp³-hybridized carbons (Fsp3) is 0.278. The van der Waals surface area contributed by atoms with Crippen molar-refractivity contribution in [2.75, 3.05) is 13.1 Å². The summed E-state index contributed by atoms with van der Waals surface area (Å²) in [4.78, 5) is 17.5. The molecule has 0 radical (unpaired) electrons. The molecule has 9 heteroatoms. The number of fused-ring (bicyclic) bond motifs is 1. The van der Waals surface area contributed by atoms with Gasteiger partial charge in [0.05, 0.1) is 19.5 Å². The Hall–Kier alpha value is -3.10. The molecule has 1 aliphatic heterocycles. The van der Waals surface area contributed by atoms with Crippen LogP contribution in [0.1, 0.15) is 11.3 Å². The number of likely N-dealkylation sites (tertiary alicyclic amines) is 1. The number of benzene rings is 1. The highest BCUT2D eigenvalue weighted by Gasteiger charge is 2.38. The average molecular weight is 377 g/mol. The molecule has 0 unspecified atom stereocenters. The Bertz CT molecular complexity index is 980. The first kappa shape index (κ1) is 17.3. The van der Waals surface area contributed by atoms with E-state index in [1.807, 2.05) is 18.2 Å². The maximum atomic E-state index is 13.0. The smallest absolute Gasteiger partial charge is 0.421 e. The molecule has 0 bridgehead atoms. The minimum Gasteiger partial charge on any atom is -0.470 e. The number of alkyl halides is 3. The predicted molar refractivity (Wildman–Crippen MR) is 87.9 cm³/mol. The van der Waals surface area contributed by atoms with Gasteiger partial charge in [0.15, 0.2) is 5.58 Å². The van der Waals surface area contributed by atoms with Crippen LogP contribution in [0, 0.1) is 0 Å². The third-order valence-electron chi connectivity index (χ3n) is 4.33. The quantitative estimate of drug-likeness (QED) is 0.699. The zero-order chi connectivity index (χ0) is 19.0. The van der Waals surface area contributed by atoms with Crippen LogP contribution in [0.25, 0.3) is 11.0 Å². The molecule has 3 aromatic rings. The highest BCUT2D eigenvalue weighted by atomic mass is 19.4. The zero-order valence-corrected chi connectivity index (χ0v) is 13.9. The first-order valence-corrected chi connectivity index (χ1v) is 8.22. The van der Waals surface area contributed by atoms with Gasteiger partial charge in [0.25, 0.3) is 0 Å². The van der Waals surface area contributed by atoms with Gasteiger partial charge >= 0.3 is 6.18 Å². The highest BCUT2D eigenvalue weighted by molar-refractivity contribution is 5.86. The Kier molecular flexibility index (Phi) is 4.21. The number of hydrogen-bond acceptors (Lipinski definition) is 5. The van der Waals surface area contributed by atoms with Gasteiger partial charge in [-0.1, -0.05) is 17.3 Å². The average Bonchev–Trinajstić information content (AvgIpc) is 3.00. The second kappa shape index (κ2) is 6.57. The molecule has 0 atom stereocenters. The maximum Gasteiger partial charge on any atom is 0.421 e. The van der Waals surface area contributed by atoms with Crippen LogP contribution in [0.15, 0.2) is 47.1 Å². The van der Waals surface area contributed by atoms with Crippen LogP contribution in [-0.4, -0.2) is 40.1 Å². The van der Waals surface area contributed by atoms with Gasteiger partial charge < -0.3 is 14.2 Å². The molecule has 140 valence electrons. The van der Waals surface area contributed by atoms with Crippen molar-refractivity contribution in [3.05, 3.63) is 53.9 Å². The first-order chi connectivity index (χ1) is 12.9. The van der Waals surface area contributed by atoms with Crippen LogP contribution < -0.4 is 4.74 Å². The summed E-state index contributed by atoms with van der Waals surface area (Å²) in [5.41, 5.74) is 0.202. The number of nitrogens with zero attached hydrogens (tertiary/aromatic N) is 3. The van der Waals surface area contributed by atoms with Crippen LogP contribution in [0.4, 0.5) is 13.2 Å². The van der Waals surface area contributed by atoms with Gasteiger partial charge in [-0.25, -0.2) is 4.98 Å². The lowest BCUT2D eigenvalue weighted by Gasteiger charge is -2.38. The number of amides is 1. The zero-order valence-electron chi connectivity index (χ0n) is 13.9. The molecule has 3 heterocycles. The van der Waals surface area contributed by atoms with Crippen molar-refractivity contribution in [1.82, 2.24) is 15.0 Å². The Morgan fingerprint density at radius 1 is 1.22 bits per heavy atom. The molecule has 4 rings (SSSR count). The maximum absolute atomic E-state index is 13.0. The molecule has 2 aromatic heterocycles. The van der Waals surface area contributed by atoms with Crippen molar-refractivity contribution in [3.8, 4) is 5.88 Å². The van der Waals surface area contributed by atoms with E-state index in [1.165, 1.54) is 17.2 Å². The predicted octanol–water partition coefficient (Wildman–Crippen LogP) is 3.07. The van der Waals surface area contributed by atoms with E-state index in [2.05, 4.69) is 10.1 Å². The first-order valence-electron chi connectivity index (χ1n) is 8.22. The molecule has 0 spiro atoms. The highest BCUT2D eigenvalue weighted by Crippen LogP contribution is 2.35. The van der Waals surface area contributed by atoms with Crippen molar-refractivity contribution in [2.24, 2.45) is 0 Å². The summed E-state index contributed by atoms with van der Waals surface area (Å²) in [6, 6.07) is 9.33. The largest absolute Gasteiger partial charge is 0.470 e. The minimum atomic E-state index is -4.54. The van der Waals surface area contributed by atoms with Crippen molar-refractivity contribution in [3.63, 3.8) is 0 Å². The number of ether oxygens (including phenoxy) is 1. The number of aromatic nitrogens is 2.